The lowest BCUT2D eigenvalue weighted by atomic mass is 9.77. The summed E-state index contributed by atoms with van der Waals surface area (Å²) in [5.74, 6) is 1.24. The van der Waals surface area contributed by atoms with Crippen LogP contribution in [0, 0.1) is 18.8 Å². The zero-order valence-corrected chi connectivity index (χ0v) is 16.5. The number of nitrogens with zero attached hydrogens (tertiary/aromatic N) is 2. The molecule has 2 saturated heterocycles. The van der Waals surface area contributed by atoms with Crippen molar-refractivity contribution < 1.29 is 14.3 Å². The van der Waals surface area contributed by atoms with Crippen molar-refractivity contribution in [2.24, 2.45) is 11.8 Å². The second kappa shape index (κ2) is 8.27. The van der Waals surface area contributed by atoms with E-state index in [9.17, 15) is 4.79 Å². The monoisotopic (exact) mass is 372 g/mol. The van der Waals surface area contributed by atoms with E-state index >= 15 is 0 Å². The lowest BCUT2D eigenvalue weighted by Crippen LogP contribution is -2.51. The number of rotatable bonds is 6. The fraction of sp³-hybridized carbons (Fsp3) is 0.727. The van der Waals surface area contributed by atoms with Crippen LogP contribution in [0.3, 0.4) is 0 Å². The summed E-state index contributed by atoms with van der Waals surface area (Å²) in [7, 11) is 0. The Hall–Kier alpha value is -1.46. The molecule has 2 aliphatic heterocycles. The van der Waals surface area contributed by atoms with E-state index in [0.29, 0.717) is 24.3 Å². The molecule has 3 heterocycles. The molecule has 0 bridgehead atoms. The molecule has 1 amide bonds. The van der Waals surface area contributed by atoms with Crippen molar-refractivity contribution in [1.82, 2.24) is 9.88 Å². The Bertz CT molecular complexity index is 651. The van der Waals surface area contributed by atoms with Crippen LogP contribution >= 0.6 is 0 Å². The van der Waals surface area contributed by atoms with Gasteiger partial charge in [0.15, 0.2) is 0 Å². The molecule has 1 atom stereocenters. The minimum Gasteiger partial charge on any atom is -0.375 e. The van der Waals surface area contributed by atoms with Gasteiger partial charge in [0.05, 0.1) is 17.9 Å². The van der Waals surface area contributed by atoms with Crippen LogP contribution in [0.25, 0.3) is 0 Å². The average Bonchev–Trinajstić information content (AvgIpc) is 3.00. The first kappa shape index (κ1) is 18.9. The summed E-state index contributed by atoms with van der Waals surface area (Å²) in [5, 5.41) is 0. The third kappa shape index (κ3) is 4.19. The van der Waals surface area contributed by atoms with E-state index in [4.69, 9.17) is 9.47 Å². The van der Waals surface area contributed by atoms with Gasteiger partial charge < -0.3 is 14.4 Å². The number of aromatic nitrogens is 1. The molecule has 1 unspecified atom stereocenters. The summed E-state index contributed by atoms with van der Waals surface area (Å²) in [6.07, 6.45) is 7.51. The molecule has 1 spiro atoms. The topological polar surface area (TPSA) is 51.7 Å². The Morgan fingerprint density at radius 3 is 2.81 bits per heavy atom. The summed E-state index contributed by atoms with van der Waals surface area (Å²) >= 11 is 0. The van der Waals surface area contributed by atoms with Crippen molar-refractivity contribution >= 4 is 5.91 Å². The summed E-state index contributed by atoms with van der Waals surface area (Å²) < 4.78 is 12.1. The molecule has 1 aromatic heterocycles. The van der Waals surface area contributed by atoms with Crippen LogP contribution in [0.2, 0.25) is 0 Å². The molecule has 0 N–H and O–H groups in total. The predicted molar refractivity (Wildman–Crippen MR) is 103 cm³/mol. The van der Waals surface area contributed by atoms with Gasteiger partial charge in [-0.15, -0.1) is 0 Å². The van der Waals surface area contributed by atoms with Gasteiger partial charge in [0.2, 0.25) is 5.91 Å². The van der Waals surface area contributed by atoms with Crippen LogP contribution in [0.15, 0.2) is 18.2 Å². The van der Waals surface area contributed by atoms with E-state index < -0.39 is 0 Å². The summed E-state index contributed by atoms with van der Waals surface area (Å²) in [6.45, 7) is 5.90. The van der Waals surface area contributed by atoms with Gasteiger partial charge in [-0.05, 0) is 63.5 Å². The normalized spacial score (nSPS) is 24.9. The summed E-state index contributed by atoms with van der Waals surface area (Å²) in [4.78, 5) is 19.1. The van der Waals surface area contributed by atoms with Gasteiger partial charge in [0.25, 0.3) is 0 Å². The van der Waals surface area contributed by atoms with E-state index in [1.807, 2.05) is 25.1 Å². The highest BCUT2D eigenvalue weighted by Gasteiger charge is 2.47. The predicted octanol–water partition coefficient (Wildman–Crippen LogP) is 3.49. The van der Waals surface area contributed by atoms with Crippen molar-refractivity contribution in [3.8, 4) is 0 Å². The van der Waals surface area contributed by atoms with Crippen molar-refractivity contribution in [2.45, 2.75) is 64.1 Å². The van der Waals surface area contributed by atoms with Gasteiger partial charge in [-0.3, -0.25) is 9.78 Å². The number of amides is 1. The standard InChI is InChI=1S/C22H32N2O3/c1-17-4-2-7-20(23-17)16-26-14-8-19-9-15-27-22(19)10-12-24(13-11-22)21(25)18-5-3-6-18/h2,4,7,18-19H,3,5-6,8-16H2,1H3. The molecule has 3 aliphatic rings. The molecule has 1 saturated carbocycles. The third-order valence-corrected chi connectivity index (χ3v) is 6.78. The fourth-order valence-electron chi connectivity index (χ4n) is 4.85. The van der Waals surface area contributed by atoms with Crippen LogP contribution in [0.1, 0.15) is 56.3 Å². The van der Waals surface area contributed by atoms with Crippen molar-refractivity contribution in [1.29, 1.82) is 0 Å². The molecule has 0 aromatic carbocycles. The number of hydrogen-bond acceptors (Lipinski definition) is 4. The lowest BCUT2D eigenvalue weighted by molar-refractivity contribution is -0.144. The molecular formula is C22H32N2O3. The molecule has 1 aliphatic carbocycles. The zero-order chi connectivity index (χ0) is 18.7. The minimum atomic E-state index is -0.0264. The van der Waals surface area contributed by atoms with Crippen molar-refractivity contribution in [3.05, 3.63) is 29.6 Å². The van der Waals surface area contributed by atoms with E-state index in [2.05, 4.69) is 9.88 Å². The first-order valence-electron chi connectivity index (χ1n) is 10.6. The maximum absolute atomic E-state index is 12.5. The van der Waals surface area contributed by atoms with Gasteiger partial charge in [-0.2, -0.15) is 0 Å². The number of pyridine rings is 1. The first-order chi connectivity index (χ1) is 13.2. The van der Waals surface area contributed by atoms with Crippen LogP contribution < -0.4 is 0 Å². The van der Waals surface area contributed by atoms with Gasteiger partial charge in [-0.1, -0.05) is 12.5 Å². The SMILES string of the molecule is Cc1cccc(COCCC2CCOC23CCN(C(=O)C2CCC2)CC3)n1. The highest BCUT2D eigenvalue weighted by molar-refractivity contribution is 5.79. The second-order valence-corrected chi connectivity index (χ2v) is 8.46. The van der Waals surface area contributed by atoms with E-state index in [0.717, 1.165) is 76.2 Å². The van der Waals surface area contributed by atoms with Crippen LogP contribution in [-0.2, 0) is 20.9 Å². The number of hydrogen-bond donors (Lipinski definition) is 0. The number of aryl methyl sites for hydroxylation is 1. The molecule has 4 rings (SSSR count). The molecular weight excluding hydrogens is 340 g/mol. The minimum absolute atomic E-state index is 0.0264. The molecule has 27 heavy (non-hydrogen) atoms. The van der Waals surface area contributed by atoms with Crippen LogP contribution in [-0.4, -0.2) is 47.7 Å². The Morgan fingerprint density at radius 1 is 1.30 bits per heavy atom. The number of likely N-dealkylation sites (tertiary alicyclic amines) is 1. The van der Waals surface area contributed by atoms with Gasteiger partial charge in [0.1, 0.15) is 0 Å². The maximum atomic E-state index is 12.5. The highest BCUT2D eigenvalue weighted by Crippen LogP contribution is 2.43. The number of ether oxygens (including phenoxy) is 2. The van der Waals surface area contributed by atoms with Crippen molar-refractivity contribution in [3.63, 3.8) is 0 Å². The number of carbonyl (C=O) groups is 1. The fourth-order valence-corrected chi connectivity index (χ4v) is 4.85. The summed E-state index contributed by atoms with van der Waals surface area (Å²) in [6, 6.07) is 6.05. The van der Waals surface area contributed by atoms with E-state index in [-0.39, 0.29) is 5.60 Å². The zero-order valence-electron chi connectivity index (χ0n) is 16.5. The first-order valence-corrected chi connectivity index (χ1v) is 10.6. The molecule has 5 heteroatoms. The maximum Gasteiger partial charge on any atom is 0.225 e. The molecule has 1 aromatic rings. The molecule has 3 fully saturated rings. The molecule has 0 radical (unpaired) electrons. The Morgan fingerprint density at radius 2 is 2.11 bits per heavy atom. The largest absolute Gasteiger partial charge is 0.375 e. The van der Waals surface area contributed by atoms with Gasteiger partial charge >= 0.3 is 0 Å². The lowest BCUT2D eigenvalue weighted by Gasteiger charge is -2.43. The summed E-state index contributed by atoms with van der Waals surface area (Å²) in [5.41, 5.74) is 2.00. The third-order valence-electron chi connectivity index (χ3n) is 6.78. The Balaban J connectivity index is 1.23. The van der Waals surface area contributed by atoms with Gasteiger partial charge in [0, 0.05) is 37.9 Å². The van der Waals surface area contributed by atoms with E-state index in [1.54, 1.807) is 0 Å². The Kier molecular flexibility index (Phi) is 5.79. The Labute approximate surface area is 162 Å². The van der Waals surface area contributed by atoms with Crippen LogP contribution in [0.5, 0.6) is 0 Å². The second-order valence-electron chi connectivity index (χ2n) is 8.46. The number of piperidine rings is 1. The quantitative estimate of drug-likeness (QED) is 0.717. The smallest absolute Gasteiger partial charge is 0.225 e. The molecule has 5 nitrogen and oxygen atoms in total. The van der Waals surface area contributed by atoms with E-state index in [1.165, 1.54) is 6.42 Å². The average molecular weight is 373 g/mol. The number of carbonyl (C=O) groups excluding carboxylic acids is 1. The van der Waals surface area contributed by atoms with Gasteiger partial charge in [-0.25, -0.2) is 0 Å². The van der Waals surface area contributed by atoms with Crippen molar-refractivity contribution in [2.75, 3.05) is 26.3 Å². The molecule has 148 valence electrons. The van der Waals surface area contributed by atoms with Crippen LogP contribution in [0.4, 0.5) is 0 Å². The highest BCUT2D eigenvalue weighted by atomic mass is 16.5.